The van der Waals surface area contributed by atoms with Gasteiger partial charge in [-0.3, -0.25) is 9.80 Å². The van der Waals surface area contributed by atoms with Crippen LogP contribution < -0.4 is 0 Å². The lowest BCUT2D eigenvalue weighted by Crippen LogP contribution is -2.49. The van der Waals surface area contributed by atoms with Crippen LogP contribution in [0.5, 0.6) is 0 Å². The van der Waals surface area contributed by atoms with Crippen molar-refractivity contribution < 1.29 is 9.84 Å². The number of aliphatic hydroxyl groups excluding tert-OH is 1. The van der Waals surface area contributed by atoms with E-state index < -0.39 is 0 Å². The minimum atomic E-state index is -0.272. The number of hydrogen-bond acceptors (Lipinski definition) is 4. The van der Waals surface area contributed by atoms with Gasteiger partial charge in [-0.15, -0.1) is 0 Å². The first kappa shape index (κ1) is 16.9. The Morgan fingerprint density at radius 2 is 1.78 bits per heavy atom. The zero-order chi connectivity index (χ0) is 16.1. The summed E-state index contributed by atoms with van der Waals surface area (Å²) >= 11 is 0. The summed E-state index contributed by atoms with van der Waals surface area (Å²) in [4.78, 5) is 4.76. The fourth-order valence-electron chi connectivity index (χ4n) is 4.01. The van der Waals surface area contributed by atoms with Gasteiger partial charge in [-0.1, -0.05) is 37.3 Å². The van der Waals surface area contributed by atoms with Crippen LogP contribution in [0.3, 0.4) is 0 Å². The fraction of sp³-hybridized carbons (Fsp3) is 0.684. The van der Waals surface area contributed by atoms with Crippen molar-refractivity contribution in [2.75, 3.05) is 52.5 Å². The molecule has 2 aliphatic heterocycles. The molecule has 1 aromatic rings. The molecule has 2 atom stereocenters. The topological polar surface area (TPSA) is 35.9 Å². The molecule has 1 N–H and O–H groups in total. The molecule has 3 rings (SSSR count). The summed E-state index contributed by atoms with van der Waals surface area (Å²) in [7, 11) is 0. The predicted molar refractivity (Wildman–Crippen MR) is 92.7 cm³/mol. The molecule has 0 amide bonds. The molecule has 4 nitrogen and oxygen atoms in total. The van der Waals surface area contributed by atoms with Crippen molar-refractivity contribution >= 4 is 0 Å². The Bertz CT molecular complexity index is 476. The Labute approximate surface area is 140 Å². The molecule has 1 aromatic carbocycles. The maximum absolute atomic E-state index is 10.5. The summed E-state index contributed by atoms with van der Waals surface area (Å²) in [6.45, 7) is 9.52. The van der Waals surface area contributed by atoms with E-state index in [0.29, 0.717) is 0 Å². The number of aliphatic hydroxyl groups is 1. The van der Waals surface area contributed by atoms with E-state index in [2.05, 4.69) is 47.1 Å². The number of morpholine rings is 1. The van der Waals surface area contributed by atoms with Gasteiger partial charge in [-0.25, -0.2) is 0 Å². The van der Waals surface area contributed by atoms with Crippen LogP contribution in [0.2, 0.25) is 0 Å². The average molecular weight is 318 g/mol. The Kier molecular flexibility index (Phi) is 5.70. The highest BCUT2D eigenvalue weighted by molar-refractivity contribution is 5.25. The minimum absolute atomic E-state index is 0.207. The predicted octanol–water partition coefficient (Wildman–Crippen LogP) is 1.73. The van der Waals surface area contributed by atoms with E-state index >= 15 is 0 Å². The largest absolute Gasteiger partial charge is 0.390 e. The molecular weight excluding hydrogens is 288 g/mol. The highest BCUT2D eigenvalue weighted by Crippen LogP contribution is 2.33. The lowest BCUT2D eigenvalue weighted by molar-refractivity contribution is 0.00251. The third-order valence-electron chi connectivity index (χ3n) is 5.29. The summed E-state index contributed by atoms with van der Waals surface area (Å²) in [5.41, 5.74) is 1.63. The van der Waals surface area contributed by atoms with Crippen LogP contribution in [0.1, 0.15) is 25.3 Å². The van der Waals surface area contributed by atoms with Crippen LogP contribution in [0, 0.1) is 0 Å². The molecule has 0 spiro atoms. The summed E-state index contributed by atoms with van der Waals surface area (Å²) in [5.74, 6) is 0. The molecule has 0 aromatic heterocycles. The number of rotatable bonds is 5. The lowest BCUT2D eigenvalue weighted by Gasteiger charge is -2.42. The first-order chi connectivity index (χ1) is 11.2. The molecule has 0 saturated carbocycles. The van der Waals surface area contributed by atoms with E-state index in [4.69, 9.17) is 4.74 Å². The molecule has 2 saturated heterocycles. The number of piperidine rings is 1. The van der Waals surface area contributed by atoms with E-state index in [1.165, 1.54) is 18.4 Å². The van der Waals surface area contributed by atoms with Crippen LogP contribution >= 0.6 is 0 Å². The van der Waals surface area contributed by atoms with E-state index in [1.54, 1.807) is 0 Å². The smallest absolute Gasteiger partial charge is 0.0793 e. The minimum Gasteiger partial charge on any atom is -0.390 e. The van der Waals surface area contributed by atoms with E-state index in [0.717, 1.165) is 52.5 Å². The first-order valence-corrected chi connectivity index (χ1v) is 8.92. The normalized spacial score (nSPS) is 28.6. The molecule has 23 heavy (non-hydrogen) atoms. The number of β-amino-alcohol motifs (C(OH)–C–C–N with tert-alkyl or cyclic N) is 1. The van der Waals surface area contributed by atoms with E-state index in [9.17, 15) is 5.11 Å². The van der Waals surface area contributed by atoms with Crippen molar-refractivity contribution in [3.05, 3.63) is 35.9 Å². The number of likely N-dealkylation sites (tertiary alicyclic amines) is 1. The summed E-state index contributed by atoms with van der Waals surface area (Å²) < 4.78 is 5.37. The van der Waals surface area contributed by atoms with Gasteiger partial charge in [0.15, 0.2) is 0 Å². The van der Waals surface area contributed by atoms with E-state index in [-0.39, 0.29) is 11.5 Å². The molecular formula is C19H30N2O2. The molecule has 128 valence electrons. The van der Waals surface area contributed by atoms with Gasteiger partial charge in [0.2, 0.25) is 0 Å². The summed E-state index contributed by atoms with van der Waals surface area (Å²) in [6.07, 6.45) is 2.16. The van der Waals surface area contributed by atoms with Gasteiger partial charge in [0, 0.05) is 38.1 Å². The maximum atomic E-state index is 10.5. The van der Waals surface area contributed by atoms with Gasteiger partial charge < -0.3 is 9.84 Å². The second-order valence-electron chi connectivity index (χ2n) is 7.33. The SMILES string of the molecule is C[C@]1(c2ccccc2)CCCN(C[C@@H](O)CN2CCOCC2)C1. The molecule has 0 bridgehead atoms. The first-order valence-electron chi connectivity index (χ1n) is 8.92. The van der Waals surface area contributed by atoms with Crippen molar-refractivity contribution in [2.45, 2.75) is 31.3 Å². The molecule has 0 radical (unpaired) electrons. The average Bonchev–Trinajstić information content (AvgIpc) is 2.56. The second kappa shape index (κ2) is 7.75. The van der Waals surface area contributed by atoms with Crippen LogP contribution in [-0.2, 0) is 10.2 Å². The lowest BCUT2D eigenvalue weighted by atomic mass is 9.76. The van der Waals surface area contributed by atoms with Crippen LogP contribution in [-0.4, -0.2) is 73.5 Å². The Morgan fingerprint density at radius 1 is 1.09 bits per heavy atom. The van der Waals surface area contributed by atoms with Crippen molar-refractivity contribution in [3.8, 4) is 0 Å². The van der Waals surface area contributed by atoms with Crippen molar-refractivity contribution in [1.29, 1.82) is 0 Å². The second-order valence-corrected chi connectivity index (χ2v) is 7.33. The monoisotopic (exact) mass is 318 g/mol. The highest BCUT2D eigenvalue weighted by atomic mass is 16.5. The van der Waals surface area contributed by atoms with Crippen molar-refractivity contribution in [3.63, 3.8) is 0 Å². The van der Waals surface area contributed by atoms with E-state index in [1.807, 2.05) is 0 Å². The fourth-order valence-corrected chi connectivity index (χ4v) is 4.01. The molecule has 2 heterocycles. The van der Waals surface area contributed by atoms with Crippen molar-refractivity contribution in [1.82, 2.24) is 9.80 Å². The maximum Gasteiger partial charge on any atom is 0.0793 e. The molecule has 2 fully saturated rings. The van der Waals surface area contributed by atoms with Crippen LogP contribution in [0.15, 0.2) is 30.3 Å². The van der Waals surface area contributed by atoms with Gasteiger partial charge in [-0.2, -0.15) is 0 Å². The quantitative estimate of drug-likeness (QED) is 0.897. The number of benzene rings is 1. The zero-order valence-corrected chi connectivity index (χ0v) is 14.3. The Hall–Kier alpha value is -0.940. The standard InChI is InChI=1S/C19H30N2O2/c1-19(17-6-3-2-4-7-17)8-5-9-21(16-19)15-18(22)14-20-10-12-23-13-11-20/h2-4,6-7,18,22H,5,8-16H2,1H3/t18-,19-/m0/s1. The van der Waals surface area contributed by atoms with Gasteiger partial charge in [0.05, 0.1) is 19.3 Å². The summed E-state index contributed by atoms with van der Waals surface area (Å²) in [5, 5.41) is 10.5. The number of nitrogens with zero attached hydrogens (tertiary/aromatic N) is 2. The van der Waals surface area contributed by atoms with Gasteiger partial charge in [0.1, 0.15) is 0 Å². The van der Waals surface area contributed by atoms with Gasteiger partial charge in [-0.05, 0) is 24.9 Å². The molecule has 0 unspecified atom stereocenters. The molecule has 2 aliphatic rings. The third kappa shape index (κ3) is 4.54. The Morgan fingerprint density at radius 3 is 2.52 bits per heavy atom. The number of ether oxygens (including phenoxy) is 1. The molecule has 4 heteroatoms. The molecule has 0 aliphatic carbocycles. The highest BCUT2D eigenvalue weighted by Gasteiger charge is 2.33. The third-order valence-corrected chi connectivity index (χ3v) is 5.29. The van der Waals surface area contributed by atoms with Gasteiger partial charge in [0.25, 0.3) is 0 Å². The number of hydrogen-bond donors (Lipinski definition) is 1. The van der Waals surface area contributed by atoms with Gasteiger partial charge >= 0.3 is 0 Å². The van der Waals surface area contributed by atoms with Crippen LogP contribution in [0.25, 0.3) is 0 Å². The summed E-state index contributed by atoms with van der Waals surface area (Å²) in [6, 6.07) is 10.8. The Balaban J connectivity index is 1.54. The van der Waals surface area contributed by atoms with Crippen LogP contribution in [0.4, 0.5) is 0 Å². The van der Waals surface area contributed by atoms with Crippen molar-refractivity contribution in [2.24, 2.45) is 0 Å². The zero-order valence-electron chi connectivity index (χ0n) is 14.3.